The van der Waals surface area contributed by atoms with Crippen LogP contribution in [0.4, 0.5) is 0 Å². The second-order valence-corrected chi connectivity index (χ2v) is 8.42. The summed E-state index contributed by atoms with van der Waals surface area (Å²) in [5.41, 5.74) is 2.09. The second-order valence-electron chi connectivity index (χ2n) is 7.47. The number of amides is 1. The van der Waals surface area contributed by atoms with Gasteiger partial charge in [-0.25, -0.2) is 4.98 Å². The number of H-pyrrole nitrogens is 1. The van der Waals surface area contributed by atoms with Gasteiger partial charge in [0.2, 0.25) is 5.91 Å². The van der Waals surface area contributed by atoms with Gasteiger partial charge >= 0.3 is 0 Å². The summed E-state index contributed by atoms with van der Waals surface area (Å²) < 4.78 is 1.74. The molecule has 0 spiro atoms. The quantitative estimate of drug-likeness (QED) is 0.600. The van der Waals surface area contributed by atoms with E-state index >= 15 is 0 Å². The van der Waals surface area contributed by atoms with Crippen LogP contribution in [0.3, 0.4) is 0 Å². The van der Waals surface area contributed by atoms with Gasteiger partial charge < -0.3 is 9.88 Å². The number of nitrogens with zero attached hydrogens (tertiary/aromatic N) is 3. The van der Waals surface area contributed by atoms with Crippen molar-refractivity contribution in [3.63, 3.8) is 0 Å². The van der Waals surface area contributed by atoms with Gasteiger partial charge in [-0.15, -0.1) is 0 Å². The van der Waals surface area contributed by atoms with Crippen molar-refractivity contribution in [2.24, 2.45) is 0 Å². The highest BCUT2D eigenvalue weighted by atomic mass is 32.2. The molecule has 2 aromatic rings. The van der Waals surface area contributed by atoms with Crippen LogP contribution in [0.25, 0.3) is 11.0 Å². The van der Waals surface area contributed by atoms with Crippen LogP contribution in [-0.4, -0.2) is 43.7 Å². The summed E-state index contributed by atoms with van der Waals surface area (Å²) in [6.07, 6.45) is 5.21. The summed E-state index contributed by atoms with van der Waals surface area (Å²) in [6.45, 7) is 8.99. The first-order valence-electron chi connectivity index (χ1n) is 10.00. The van der Waals surface area contributed by atoms with E-state index in [1.165, 1.54) is 18.2 Å². The van der Waals surface area contributed by atoms with Gasteiger partial charge in [0.1, 0.15) is 5.52 Å². The number of carbonyl (C=O) groups is 1. The SMILES string of the molecule is CC[C@@H]1CCCCN1C(=O)CSc1nc2cc(C)[nH]c2c(=O)n1[C@H](C)CC. The summed E-state index contributed by atoms with van der Waals surface area (Å²) in [6, 6.07) is 2.28. The Morgan fingerprint density at radius 1 is 1.41 bits per heavy atom. The summed E-state index contributed by atoms with van der Waals surface area (Å²) in [7, 11) is 0. The van der Waals surface area contributed by atoms with Crippen molar-refractivity contribution in [1.29, 1.82) is 0 Å². The summed E-state index contributed by atoms with van der Waals surface area (Å²) >= 11 is 1.39. The molecule has 1 aliphatic heterocycles. The van der Waals surface area contributed by atoms with Crippen molar-refractivity contribution >= 4 is 28.7 Å². The fourth-order valence-electron chi connectivity index (χ4n) is 3.83. The third-order valence-corrected chi connectivity index (χ3v) is 6.50. The maximum absolute atomic E-state index is 13.0. The molecule has 1 saturated heterocycles. The van der Waals surface area contributed by atoms with Crippen LogP contribution >= 0.6 is 11.8 Å². The molecule has 0 unspecified atom stereocenters. The summed E-state index contributed by atoms with van der Waals surface area (Å²) in [4.78, 5) is 35.7. The highest BCUT2D eigenvalue weighted by Crippen LogP contribution is 2.25. The van der Waals surface area contributed by atoms with Gasteiger partial charge in [-0.3, -0.25) is 14.2 Å². The number of aromatic nitrogens is 3. The molecule has 0 aromatic carbocycles. The molecule has 2 aromatic heterocycles. The number of piperidine rings is 1. The minimum absolute atomic E-state index is 0.0361. The maximum Gasteiger partial charge on any atom is 0.278 e. The van der Waals surface area contributed by atoms with E-state index in [0.29, 0.717) is 28.0 Å². The first-order chi connectivity index (χ1) is 13.0. The molecule has 6 nitrogen and oxygen atoms in total. The normalized spacial score (nSPS) is 18.8. The van der Waals surface area contributed by atoms with Gasteiger partial charge in [-0.1, -0.05) is 25.6 Å². The molecule has 27 heavy (non-hydrogen) atoms. The molecule has 7 heteroatoms. The molecule has 1 aliphatic rings. The van der Waals surface area contributed by atoms with Crippen LogP contribution in [0.2, 0.25) is 0 Å². The molecule has 1 N–H and O–H groups in total. The monoisotopic (exact) mass is 390 g/mol. The lowest BCUT2D eigenvalue weighted by Gasteiger charge is -2.35. The number of hydrogen-bond donors (Lipinski definition) is 1. The zero-order valence-corrected chi connectivity index (χ0v) is 17.6. The minimum Gasteiger partial charge on any atom is -0.353 e. The van der Waals surface area contributed by atoms with Crippen molar-refractivity contribution in [3.05, 3.63) is 22.1 Å². The summed E-state index contributed by atoms with van der Waals surface area (Å²) in [5, 5.41) is 0.638. The van der Waals surface area contributed by atoms with Gasteiger partial charge in [0, 0.05) is 24.3 Å². The number of likely N-dealkylation sites (tertiary alicyclic amines) is 1. The number of nitrogens with one attached hydrogen (secondary N) is 1. The van der Waals surface area contributed by atoms with Crippen LogP contribution in [0.15, 0.2) is 16.0 Å². The molecule has 0 radical (unpaired) electrons. The van der Waals surface area contributed by atoms with Crippen LogP contribution in [0.1, 0.15) is 64.6 Å². The number of aryl methyl sites for hydroxylation is 1. The molecule has 0 aliphatic carbocycles. The third kappa shape index (κ3) is 4.08. The molecular weight excluding hydrogens is 360 g/mol. The van der Waals surface area contributed by atoms with Gasteiger partial charge in [0.15, 0.2) is 5.16 Å². The van der Waals surface area contributed by atoms with Gasteiger partial charge in [0.25, 0.3) is 5.56 Å². The van der Waals surface area contributed by atoms with Crippen molar-refractivity contribution in [1.82, 2.24) is 19.4 Å². The Labute approximate surface area is 164 Å². The van der Waals surface area contributed by atoms with Crippen LogP contribution in [0, 0.1) is 6.92 Å². The van der Waals surface area contributed by atoms with E-state index in [1.807, 2.05) is 24.8 Å². The fourth-order valence-corrected chi connectivity index (χ4v) is 4.81. The van der Waals surface area contributed by atoms with E-state index in [4.69, 9.17) is 4.98 Å². The molecule has 3 rings (SSSR count). The summed E-state index contributed by atoms with van der Waals surface area (Å²) in [5.74, 6) is 0.482. The topological polar surface area (TPSA) is 71.0 Å². The Balaban J connectivity index is 1.87. The molecule has 1 amide bonds. The molecule has 0 saturated carbocycles. The third-order valence-electron chi connectivity index (χ3n) is 5.56. The Hall–Kier alpha value is -1.76. The second kappa shape index (κ2) is 8.50. The number of rotatable bonds is 6. The Kier molecular flexibility index (Phi) is 6.29. The molecule has 1 fully saturated rings. The zero-order chi connectivity index (χ0) is 19.6. The van der Waals surface area contributed by atoms with E-state index < -0.39 is 0 Å². The Morgan fingerprint density at radius 2 is 2.19 bits per heavy atom. The number of carbonyl (C=O) groups excluding carboxylic acids is 1. The average Bonchev–Trinajstić information content (AvgIpc) is 3.06. The predicted molar refractivity (Wildman–Crippen MR) is 110 cm³/mol. The maximum atomic E-state index is 13.0. The lowest BCUT2D eigenvalue weighted by atomic mass is 10.0. The van der Waals surface area contributed by atoms with E-state index in [0.717, 1.165) is 37.9 Å². The highest BCUT2D eigenvalue weighted by Gasteiger charge is 2.26. The van der Waals surface area contributed by atoms with Crippen molar-refractivity contribution in [3.8, 4) is 0 Å². The molecule has 148 valence electrons. The van der Waals surface area contributed by atoms with Gasteiger partial charge in [-0.05, 0) is 52.0 Å². The van der Waals surface area contributed by atoms with Gasteiger partial charge in [-0.2, -0.15) is 0 Å². The lowest BCUT2D eigenvalue weighted by Crippen LogP contribution is -2.44. The lowest BCUT2D eigenvalue weighted by molar-refractivity contribution is -0.132. The molecule has 0 bridgehead atoms. The smallest absolute Gasteiger partial charge is 0.278 e. The van der Waals surface area contributed by atoms with E-state index in [9.17, 15) is 9.59 Å². The van der Waals surface area contributed by atoms with Crippen LogP contribution in [-0.2, 0) is 4.79 Å². The molecule has 3 heterocycles. The van der Waals surface area contributed by atoms with Crippen LogP contribution in [0.5, 0.6) is 0 Å². The van der Waals surface area contributed by atoms with Crippen molar-refractivity contribution in [2.45, 2.75) is 77.0 Å². The van der Waals surface area contributed by atoms with Crippen molar-refractivity contribution in [2.75, 3.05) is 12.3 Å². The first-order valence-corrected chi connectivity index (χ1v) is 11.0. The highest BCUT2D eigenvalue weighted by molar-refractivity contribution is 7.99. The number of hydrogen-bond acceptors (Lipinski definition) is 4. The fraction of sp³-hybridized carbons (Fsp3) is 0.650. The van der Waals surface area contributed by atoms with E-state index in [1.54, 1.807) is 4.57 Å². The van der Waals surface area contributed by atoms with Crippen LogP contribution < -0.4 is 5.56 Å². The zero-order valence-electron chi connectivity index (χ0n) is 16.7. The standard InChI is InChI=1S/C20H30N4O2S/c1-5-14(4)24-19(26)18-16(11-13(3)21-18)22-20(24)27-12-17(25)23-10-8-7-9-15(23)6-2/h11,14-15,21H,5-10,12H2,1-4H3/t14-,15-/m1/s1. The Bertz CT molecular complexity index is 873. The van der Waals surface area contributed by atoms with Crippen molar-refractivity contribution < 1.29 is 4.79 Å². The molecular formula is C20H30N4O2S. The van der Waals surface area contributed by atoms with Gasteiger partial charge in [0.05, 0.1) is 11.3 Å². The minimum atomic E-state index is -0.0539. The van der Waals surface area contributed by atoms with E-state index in [-0.39, 0.29) is 17.5 Å². The number of thioether (sulfide) groups is 1. The first kappa shape index (κ1) is 20.0. The predicted octanol–water partition coefficient (Wildman–Crippen LogP) is 3.89. The average molecular weight is 391 g/mol. The number of fused-ring (bicyclic) bond motifs is 1. The number of aromatic amines is 1. The molecule has 2 atom stereocenters. The Morgan fingerprint density at radius 3 is 2.89 bits per heavy atom. The van der Waals surface area contributed by atoms with E-state index in [2.05, 4.69) is 18.8 Å². The largest absolute Gasteiger partial charge is 0.353 e.